The smallest absolute Gasteiger partial charge is 0.0279 e. The van der Waals surface area contributed by atoms with Gasteiger partial charge in [0.1, 0.15) is 0 Å². The summed E-state index contributed by atoms with van der Waals surface area (Å²) in [6, 6.07) is 5.10. The van der Waals surface area contributed by atoms with E-state index in [0.717, 1.165) is 12.8 Å². The Bertz CT molecular complexity index is 224. The molecule has 0 amide bonds. The zero-order valence-corrected chi connectivity index (χ0v) is 8.59. The van der Waals surface area contributed by atoms with E-state index >= 15 is 0 Å². The van der Waals surface area contributed by atoms with Crippen LogP contribution in [0, 0.1) is 0 Å². The Hall–Kier alpha value is -0.720. The van der Waals surface area contributed by atoms with Gasteiger partial charge in [-0.25, -0.2) is 0 Å². The Kier molecular flexibility index (Phi) is 2.96. The highest BCUT2D eigenvalue weighted by Gasteiger charge is 2.07. The molecule has 12 heavy (non-hydrogen) atoms. The standard InChI is InChI=1S/C11H19N/c1-5-10-7-8-11(6-2)12(10)9(3)4/h7-9H,5-6H2,1-4H3. The maximum absolute atomic E-state index is 2.44. The SMILES string of the molecule is CCc1ccc(CC)n1C(C)C. The van der Waals surface area contributed by atoms with E-state index in [-0.39, 0.29) is 0 Å². The highest BCUT2D eigenvalue weighted by molar-refractivity contribution is 5.17. The Morgan fingerprint density at radius 3 is 1.75 bits per heavy atom. The van der Waals surface area contributed by atoms with Gasteiger partial charge in [0.2, 0.25) is 0 Å². The summed E-state index contributed by atoms with van der Waals surface area (Å²) in [7, 11) is 0. The Morgan fingerprint density at radius 2 is 1.50 bits per heavy atom. The van der Waals surface area contributed by atoms with Gasteiger partial charge in [0, 0.05) is 17.4 Å². The van der Waals surface area contributed by atoms with Crippen LogP contribution in [0.15, 0.2) is 12.1 Å². The normalized spacial score (nSPS) is 11.1. The van der Waals surface area contributed by atoms with E-state index in [1.807, 2.05) is 0 Å². The molecule has 0 aliphatic carbocycles. The van der Waals surface area contributed by atoms with Crippen LogP contribution in [0.4, 0.5) is 0 Å². The Morgan fingerprint density at radius 1 is 1.08 bits per heavy atom. The van der Waals surface area contributed by atoms with Crippen molar-refractivity contribution >= 4 is 0 Å². The average molecular weight is 165 g/mol. The van der Waals surface area contributed by atoms with Gasteiger partial charge in [-0.1, -0.05) is 13.8 Å². The molecule has 0 unspecified atom stereocenters. The molecule has 0 N–H and O–H groups in total. The third-order valence-electron chi connectivity index (χ3n) is 2.33. The van der Waals surface area contributed by atoms with E-state index in [2.05, 4.69) is 44.4 Å². The predicted octanol–water partition coefficient (Wildman–Crippen LogP) is 3.19. The molecule has 0 aliphatic rings. The van der Waals surface area contributed by atoms with Crippen molar-refractivity contribution < 1.29 is 0 Å². The van der Waals surface area contributed by atoms with Crippen molar-refractivity contribution in [3.05, 3.63) is 23.5 Å². The van der Waals surface area contributed by atoms with Crippen LogP contribution in [0.3, 0.4) is 0 Å². The number of aromatic nitrogens is 1. The first kappa shape index (κ1) is 9.37. The van der Waals surface area contributed by atoms with Crippen molar-refractivity contribution in [1.82, 2.24) is 4.57 Å². The first-order chi connectivity index (χ1) is 5.70. The first-order valence-corrected chi connectivity index (χ1v) is 4.89. The highest BCUT2D eigenvalue weighted by Crippen LogP contribution is 2.16. The second kappa shape index (κ2) is 3.79. The lowest BCUT2D eigenvalue weighted by atomic mass is 10.3. The molecular formula is C11H19N. The lowest BCUT2D eigenvalue weighted by Gasteiger charge is -2.15. The van der Waals surface area contributed by atoms with Crippen molar-refractivity contribution in [1.29, 1.82) is 0 Å². The molecule has 0 aliphatic heterocycles. The minimum Gasteiger partial charge on any atom is -0.346 e. The summed E-state index contributed by atoms with van der Waals surface area (Å²) in [6.07, 6.45) is 2.27. The molecule has 1 aromatic rings. The molecule has 0 saturated carbocycles. The zero-order valence-electron chi connectivity index (χ0n) is 8.59. The van der Waals surface area contributed by atoms with Crippen molar-refractivity contribution in [2.45, 2.75) is 46.6 Å². The summed E-state index contributed by atoms with van der Waals surface area (Å²) in [5.74, 6) is 0. The lowest BCUT2D eigenvalue weighted by Crippen LogP contribution is -2.08. The van der Waals surface area contributed by atoms with Crippen molar-refractivity contribution in [3.63, 3.8) is 0 Å². The summed E-state index contributed by atoms with van der Waals surface area (Å²) in [5.41, 5.74) is 2.92. The van der Waals surface area contributed by atoms with Crippen molar-refractivity contribution in [2.75, 3.05) is 0 Å². The third-order valence-corrected chi connectivity index (χ3v) is 2.33. The summed E-state index contributed by atoms with van der Waals surface area (Å²) < 4.78 is 2.44. The van der Waals surface area contributed by atoms with E-state index in [4.69, 9.17) is 0 Å². The molecule has 0 fully saturated rings. The van der Waals surface area contributed by atoms with E-state index in [1.54, 1.807) is 0 Å². The Labute approximate surface area is 75.4 Å². The molecule has 1 heteroatoms. The third kappa shape index (κ3) is 1.55. The second-order valence-corrected chi connectivity index (χ2v) is 3.49. The van der Waals surface area contributed by atoms with Gasteiger partial charge in [0.25, 0.3) is 0 Å². The molecular weight excluding hydrogens is 146 g/mol. The van der Waals surface area contributed by atoms with Gasteiger partial charge in [0.05, 0.1) is 0 Å². The number of rotatable bonds is 3. The lowest BCUT2D eigenvalue weighted by molar-refractivity contribution is 0.557. The summed E-state index contributed by atoms with van der Waals surface area (Å²) in [6.45, 7) is 8.93. The number of hydrogen-bond donors (Lipinski definition) is 0. The number of hydrogen-bond acceptors (Lipinski definition) is 0. The van der Waals surface area contributed by atoms with Crippen molar-refractivity contribution in [2.24, 2.45) is 0 Å². The number of nitrogens with zero attached hydrogens (tertiary/aromatic N) is 1. The summed E-state index contributed by atoms with van der Waals surface area (Å²) in [4.78, 5) is 0. The Balaban J connectivity index is 3.07. The van der Waals surface area contributed by atoms with Crippen LogP contribution in [0.1, 0.15) is 45.1 Å². The molecule has 0 bridgehead atoms. The van der Waals surface area contributed by atoms with Gasteiger partial charge >= 0.3 is 0 Å². The van der Waals surface area contributed by atoms with Gasteiger partial charge in [-0.05, 0) is 38.8 Å². The summed E-state index contributed by atoms with van der Waals surface area (Å²) >= 11 is 0. The highest BCUT2D eigenvalue weighted by atomic mass is 15.0. The van der Waals surface area contributed by atoms with Crippen molar-refractivity contribution in [3.8, 4) is 0 Å². The van der Waals surface area contributed by atoms with Gasteiger partial charge in [0.15, 0.2) is 0 Å². The molecule has 0 aromatic carbocycles. The first-order valence-electron chi connectivity index (χ1n) is 4.89. The summed E-state index contributed by atoms with van der Waals surface area (Å²) in [5, 5.41) is 0. The van der Waals surface area contributed by atoms with Gasteiger partial charge < -0.3 is 4.57 Å². The molecule has 0 saturated heterocycles. The molecule has 0 atom stereocenters. The molecule has 1 nitrogen and oxygen atoms in total. The molecule has 68 valence electrons. The average Bonchev–Trinajstić information content (AvgIpc) is 2.46. The minimum atomic E-state index is 0.602. The molecule has 0 radical (unpaired) electrons. The van der Waals surface area contributed by atoms with Crippen LogP contribution in [0.25, 0.3) is 0 Å². The minimum absolute atomic E-state index is 0.602. The monoisotopic (exact) mass is 165 g/mol. The molecule has 1 heterocycles. The van der Waals surface area contributed by atoms with E-state index in [9.17, 15) is 0 Å². The zero-order chi connectivity index (χ0) is 9.14. The van der Waals surface area contributed by atoms with E-state index < -0.39 is 0 Å². The predicted molar refractivity (Wildman–Crippen MR) is 53.6 cm³/mol. The fourth-order valence-electron chi connectivity index (χ4n) is 1.78. The maximum atomic E-state index is 2.44. The molecule has 1 aromatic heterocycles. The van der Waals surface area contributed by atoms with Crippen LogP contribution >= 0.6 is 0 Å². The van der Waals surface area contributed by atoms with Crippen LogP contribution in [0.2, 0.25) is 0 Å². The van der Waals surface area contributed by atoms with Crippen LogP contribution in [-0.4, -0.2) is 4.57 Å². The van der Waals surface area contributed by atoms with Crippen LogP contribution in [0.5, 0.6) is 0 Å². The van der Waals surface area contributed by atoms with Gasteiger partial charge in [-0.3, -0.25) is 0 Å². The second-order valence-electron chi connectivity index (χ2n) is 3.49. The number of aryl methyl sites for hydroxylation is 2. The molecule has 1 rings (SSSR count). The van der Waals surface area contributed by atoms with E-state index in [1.165, 1.54) is 11.4 Å². The molecule has 0 spiro atoms. The van der Waals surface area contributed by atoms with Gasteiger partial charge in [-0.15, -0.1) is 0 Å². The largest absolute Gasteiger partial charge is 0.346 e. The maximum Gasteiger partial charge on any atom is 0.0279 e. The quantitative estimate of drug-likeness (QED) is 0.648. The fraction of sp³-hybridized carbons (Fsp3) is 0.636. The van der Waals surface area contributed by atoms with Gasteiger partial charge in [-0.2, -0.15) is 0 Å². The van der Waals surface area contributed by atoms with E-state index in [0.29, 0.717) is 6.04 Å². The fourth-order valence-corrected chi connectivity index (χ4v) is 1.78. The van der Waals surface area contributed by atoms with Crippen LogP contribution < -0.4 is 0 Å². The topological polar surface area (TPSA) is 4.93 Å². The van der Waals surface area contributed by atoms with Crippen LogP contribution in [-0.2, 0) is 12.8 Å².